The minimum atomic E-state index is -2.41. The summed E-state index contributed by atoms with van der Waals surface area (Å²) in [5.74, 6) is 0. The Morgan fingerprint density at radius 3 is 1.36 bits per heavy atom. The molecule has 0 saturated carbocycles. The maximum atomic E-state index is 11.0. The molecular weight excluding hydrogens is 381 g/mol. The van der Waals surface area contributed by atoms with Crippen LogP contribution in [0, 0.1) is 0 Å². The monoisotopic (exact) mass is 394 g/mol. The molecule has 0 aromatic rings. The zero-order chi connectivity index (χ0) is 9.12. The van der Waals surface area contributed by atoms with E-state index in [-0.39, 0.29) is 0 Å². The van der Waals surface area contributed by atoms with Gasteiger partial charge in [0.2, 0.25) is 0 Å². The molecular formula is C4H12O4P2Pb. The summed E-state index contributed by atoms with van der Waals surface area (Å²) in [7, 11) is -4.82. The molecule has 7 heteroatoms. The molecule has 0 aliphatic rings. The third-order valence-corrected chi connectivity index (χ3v) is 13.5. The van der Waals surface area contributed by atoms with Gasteiger partial charge >= 0.3 is 80.6 Å². The fourth-order valence-corrected chi connectivity index (χ4v) is 6.04. The van der Waals surface area contributed by atoms with Crippen LogP contribution in [0.25, 0.3) is 0 Å². The second kappa shape index (κ2) is 4.51. The fraction of sp³-hybridized carbons (Fsp3) is 1.00. The summed E-state index contributed by atoms with van der Waals surface area (Å²) >= 11 is -1.79. The molecule has 0 N–H and O–H groups in total. The van der Waals surface area contributed by atoms with Crippen molar-refractivity contribution in [3.05, 3.63) is 0 Å². The van der Waals surface area contributed by atoms with Crippen LogP contribution in [0.4, 0.5) is 0 Å². The molecule has 0 aromatic heterocycles. The van der Waals surface area contributed by atoms with Crippen molar-refractivity contribution in [2.75, 3.05) is 26.7 Å². The summed E-state index contributed by atoms with van der Waals surface area (Å²) in [5.41, 5.74) is 0. The Kier molecular flexibility index (Phi) is 5.05. The SMILES string of the molecule is CP(C)(=O)[O][Pb][O]P(C)(C)=O. The van der Waals surface area contributed by atoms with Crippen molar-refractivity contribution in [2.45, 2.75) is 0 Å². The summed E-state index contributed by atoms with van der Waals surface area (Å²) in [6, 6.07) is 0. The minimum absolute atomic E-state index is 1.53. The van der Waals surface area contributed by atoms with Crippen LogP contribution in [0.15, 0.2) is 0 Å². The summed E-state index contributed by atoms with van der Waals surface area (Å²) in [5, 5.41) is 0. The van der Waals surface area contributed by atoms with Gasteiger partial charge < -0.3 is 0 Å². The van der Waals surface area contributed by atoms with E-state index in [1.54, 1.807) is 0 Å². The molecule has 0 heterocycles. The second-order valence-electron chi connectivity index (χ2n) is 2.77. The zero-order valence-electron chi connectivity index (χ0n) is 7.03. The van der Waals surface area contributed by atoms with Crippen LogP contribution in [-0.4, -0.2) is 51.8 Å². The quantitative estimate of drug-likeness (QED) is 0.538. The molecule has 0 aliphatic heterocycles. The van der Waals surface area contributed by atoms with Crippen LogP contribution >= 0.6 is 14.7 Å². The summed E-state index contributed by atoms with van der Waals surface area (Å²) in [6.07, 6.45) is 0. The van der Waals surface area contributed by atoms with Crippen LogP contribution in [-0.2, 0) is 14.1 Å². The Hall–Kier alpha value is 1.30. The van der Waals surface area contributed by atoms with E-state index < -0.39 is 39.9 Å². The van der Waals surface area contributed by atoms with Crippen LogP contribution in [0.3, 0.4) is 0 Å². The molecule has 0 atom stereocenters. The molecule has 0 fully saturated rings. The Bertz CT molecular complexity index is 182. The zero-order valence-corrected chi connectivity index (χ0v) is 12.7. The standard InChI is InChI=1S/2C2H7O2P.Pb/c2*1-5(2,3)4;/h2*1-2H3,(H,3,4);/q;;+2/p-2. The van der Waals surface area contributed by atoms with Gasteiger partial charge in [-0.15, -0.1) is 0 Å². The first-order valence-corrected chi connectivity index (χ1v) is 11.1. The van der Waals surface area contributed by atoms with Crippen molar-refractivity contribution < 1.29 is 14.1 Å². The van der Waals surface area contributed by atoms with E-state index in [4.69, 9.17) is 4.95 Å². The second-order valence-corrected chi connectivity index (χ2v) is 13.0. The Morgan fingerprint density at radius 1 is 0.909 bits per heavy atom. The van der Waals surface area contributed by atoms with Gasteiger partial charge in [0.15, 0.2) is 0 Å². The molecule has 4 nitrogen and oxygen atoms in total. The van der Waals surface area contributed by atoms with Gasteiger partial charge in [0, 0.05) is 0 Å². The molecule has 11 heavy (non-hydrogen) atoms. The molecule has 0 unspecified atom stereocenters. The predicted octanol–water partition coefficient (Wildman–Crippen LogP) is 1.63. The van der Waals surface area contributed by atoms with Gasteiger partial charge in [-0.25, -0.2) is 0 Å². The molecule has 0 spiro atoms. The van der Waals surface area contributed by atoms with E-state index in [2.05, 4.69) is 0 Å². The average Bonchev–Trinajstić information content (AvgIpc) is 1.55. The van der Waals surface area contributed by atoms with Crippen molar-refractivity contribution in [3.63, 3.8) is 0 Å². The number of hydrogen-bond donors (Lipinski definition) is 0. The summed E-state index contributed by atoms with van der Waals surface area (Å²) in [6.45, 7) is 6.11. The van der Waals surface area contributed by atoms with Gasteiger partial charge in [0.1, 0.15) is 0 Å². The van der Waals surface area contributed by atoms with Crippen molar-refractivity contribution >= 4 is 39.9 Å². The van der Waals surface area contributed by atoms with Crippen molar-refractivity contribution in [1.82, 2.24) is 0 Å². The van der Waals surface area contributed by atoms with E-state index in [1.165, 1.54) is 26.7 Å². The van der Waals surface area contributed by atoms with Crippen LogP contribution in [0.1, 0.15) is 0 Å². The van der Waals surface area contributed by atoms with Gasteiger partial charge in [0.25, 0.3) is 0 Å². The molecule has 0 aliphatic carbocycles. The Morgan fingerprint density at radius 2 is 1.18 bits per heavy atom. The topological polar surface area (TPSA) is 52.6 Å². The predicted molar refractivity (Wildman–Crippen MR) is 46.8 cm³/mol. The molecule has 66 valence electrons. The first-order valence-electron chi connectivity index (χ1n) is 2.93. The van der Waals surface area contributed by atoms with Crippen LogP contribution in [0.5, 0.6) is 0 Å². The van der Waals surface area contributed by atoms with Crippen molar-refractivity contribution in [3.8, 4) is 0 Å². The van der Waals surface area contributed by atoms with E-state index >= 15 is 0 Å². The van der Waals surface area contributed by atoms with E-state index in [0.29, 0.717) is 0 Å². The molecule has 2 radical (unpaired) electrons. The van der Waals surface area contributed by atoms with E-state index in [0.717, 1.165) is 0 Å². The first kappa shape index (κ1) is 12.3. The average molecular weight is 393 g/mol. The van der Waals surface area contributed by atoms with Crippen molar-refractivity contribution in [1.29, 1.82) is 0 Å². The first-order chi connectivity index (χ1) is 4.71. The normalized spacial score (nSPS) is 13.5. The summed E-state index contributed by atoms with van der Waals surface area (Å²) in [4.78, 5) is 0. The van der Waals surface area contributed by atoms with Gasteiger partial charge in [-0.1, -0.05) is 0 Å². The molecule has 0 bridgehead atoms. The molecule has 0 amide bonds. The number of rotatable bonds is 4. The van der Waals surface area contributed by atoms with Crippen LogP contribution < -0.4 is 0 Å². The van der Waals surface area contributed by atoms with Gasteiger partial charge in [0.05, 0.1) is 0 Å². The fourth-order valence-electron chi connectivity index (χ4n) is 0.196. The summed E-state index contributed by atoms with van der Waals surface area (Å²) < 4.78 is 31.8. The van der Waals surface area contributed by atoms with Gasteiger partial charge in [-0.05, 0) is 0 Å². The van der Waals surface area contributed by atoms with Crippen molar-refractivity contribution in [2.24, 2.45) is 0 Å². The maximum absolute atomic E-state index is 11.0. The Balaban J connectivity index is 3.61. The van der Waals surface area contributed by atoms with E-state index in [1.807, 2.05) is 0 Å². The molecule has 0 rings (SSSR count). The van der Waals surface area contributed by atoms with Gasteiger partial charge in [-0.3, -0.25) is 0 Å². The Labute approximate surface area is 80.5 Å². The molecule has 0 saturated heterocycles. The van der Waals surface area contributed by atoms with E-state index in [9.17, 15) is 9.13 Å². The molecule has 0 aromatic carbocycles. The van der Waals surface area contributed by atoms with Crippen LogP contribution in [0.2, 0.25) is 0 Å². The third-order valence-electron chi connectivity index (χ3n) is 0.514. The third kappa shape index (κ3) is 11.3. The van der Waals surface area contributed by atoms with Gasteiger partial charge in [-0.2, -0.15) is 0 Å². The number of hydrogen-bond acceptors (Lipinski definition) is 4.